The Morgan fingerprint density at radius 1 is 1.10 bits per heavy atom. The van der Waals surface area contributed by atoms with E-state index in [0.29, 0.717) is 27.6 Å². The third-order valence-electron chi connectivity index (χ3n) is 4.13. The second kappa shape index (κ2) is 10.5. The van der Waals surface area contributed by atoms with Gasteiger partial charge in [0.2, 0.25) is 0 Å². The van der Waals surface area contributed by atoms with Crippen molar-refractivity contribution in [3.05, 3.63) is 58.6 Å². The number of amides is 2. The van der Waals surface area contributed by atoms with Crippen LogP contribution >= 0.6 is 11.6 Å². The number of benzene rings is 2. The first kappa shape index (κ1) is 22.2. The number of halogens is 1. The highest BCUT2D eigenvalue weighted by atomic mass is 35.5. The number of nitrogens with zero attached hydrogens (tertiary/aromatic N) is 1. The second-order valence-corrected chi connectivity index (χ2v) is 6.96. The topological polar surface area (TPSA) is 89.0 Å². The lowest BCUT2D eigenvalue weighted by atomic mass is 10.0. The highest BCUT2D eigenvalue weighted by Crippen LogP contribution is 2.29. The Morgan fingerprint density at radius 2 is 1.83 bits per heavy atom. The minimum absolute atomic E-state index is 0.153. The van der Waals surface area contributed by atoms with Gasteiger partial charge in [0, 0.05) is 16.1 Å². The first-order valence-corrected chi connectivity index (χ1v) is 9.35. The zero-order valence-corrected chi connectivity index (χ0v) is 17.5. The van der Waals surface area contributed by atoms with Gasteiger partial charge in [-0.05, 0) is 36.2 Å². The van der Waals surface area contributed by atoms with Gasteiger partial charge < -0.3 is 14.8 Å². The van der Waals surface area contributed by atoms with E-state index >= 15 is 0 Å². The molecule has 2 rings (SSSR count). The van der Waals surface area contributed by atoms with Crippen LogP contribution in [0.15, 0.2) is 47.6 Å². The summed E-state index contributed by atoms with van der Waals surface area (Å²) >= 11 is 5.93. The van der Waals surface area contributed by atoms with Gasteiger partial charge in [0.15, 0.2) is 11.5 Å². The number of ether oxygens (including phenoxy) is 2. The summed E-state index contributed by atoms with van der Waals surface area (Å²) in [5, 5.41) is 7.16. The van der Waals surface area contributed by atoms with Crippen LogP contribution in [-0.2, 0) is 4.79 Å². The van der Waals surface area contributed by atoms with E-state index in [9.17, 15) is 9.59 Å². The van der Waals surface area contributed by atoms with Crippen LogP contribution in [0.4, 0.5) is 0 Å². The fraction of sp³-hybridized carbons (Fsp3) is 0.286. The lowest BCUT2D eigenvalue weighted by Gasteiger charge is -2.20. The molecule has 0 aliphatic heterocycles. The molecule has 0 bridgehead atoms. The van der Waals surface area contributed by atoms with Crippen LogP contribution in [0.5, 0.6) is 11.5 Å². The molecule has 0 saturated carbocycles. The van der Waals surface area contributed by atoms with Gasteiger partial charge >= 0.3 is 0 Å². The van der Waals surface area contributed by atoms with Crippen molar-refractivity contribution in [1.82, 2.24) is 10.7 Å². The summed E-state index contributed by atoms with van der Waals surface area (Å²) in [5.74, 6) is 0.0762. The van der Waals surface area contributed by atoms with E-state index in [2.05, 4.69) is 15.8 Å². The number of rotatable bonds is 8. The van der Waals surface area contributed by atoms with E-state index in [4.69, 9.17) is 21.1 Å². The molecule has 29 heavy (non-hydrogen) atoms. The van der Waals surface area contributed by atoms with E-state index in [1.807, 2.05) is 13.8 Å². The summed E-state index contributed by atoms with van der Waals surface area (Å²) in [5.41, 5.74) is 3.47. The van der Waals surface area contributed by atoms with Crippen molar-refractivity contribution in [3.8, 4) is 11.5 Å². The first-order valence-electron chi connectivity index (χ1n) is 8.97. The van der Waals surface area contributed by atoms with Crippen molar-refractivity contribution in [2.24, 2.45) is 11.0 Å². The Morgan fingerprint density at radius 3 is 2.45 bits per heavy atom. The van der Waals surface area contributed by atoms with Crippen LogP contribution in [0.3, 0.4) is 0 Å². The SMILES string of the molecule is COc1cccc(C=NNC(=O)C(NC(=O)c2cccc(Cl)c2)C(C)C)c1OC. The zero-order valence-electron chi connectivity index (χ0n) is 16.7. The van der Waals surface area contributed by atoms with E-state index in [1.165, 1.54) is 20.4 Å². The Bertz CT molecular complexity index is 899. The molecule has 0 aromatic heterocycles. The number of hydrogen-bond acceptors (Lipinski definition) is 5. The Hall–Kier alpha value is -3.06. The minimum Gasteiger partial charge on any atom is -0.493 e. The minimum atomic E-state index is -0.772. The molecule has 1 unspecified atom stereocenters. The maximum absolute atomic E-state index is 12.6. The van der Waals surface area contributed by atoms with Gasteiger partial charge in [-0.15, -0.1) is 0 Å². The molecule has 0 fully saturated rings. The first-order chi connectivity index (χ1) is 13.9. The fourth-order valence-electron chi connectivity index (χ4n) is 2.64. The van der Waals surface area contributed by atoms with Gasteiger partial charge in [-0.3, -0.25) is 9.59 Å². The number of methoxy groups -OCH3 is 2. The van der Waals surface area contributed by atoms with Crippen molar-refractivity contribution in [1.29, 1.82) is 0 Å². The van der Waals surface area contributed by atoms with Gasteiger partial charge in [0.1, 0.15) is 6.04 Å². The number of para-hydroxylation sites is 1. The maximum Gasteiger partial charge on any atom is 0.262 e. The molecule has 8 heteroatoms. The Balaban J connectivity index is 2.08. The average molecular weight is 418 g/mol. The third kappa shape index (κ3) is 5.96. The molecule has 2 N–H and O–H groups in total. The van der Waals surface area contributed by atoms with E-state index in [0.717, 1.165) is 0 Å². The molecule has 0 heterocycles. The van der Waals surface area contributed by atoms with Gasteiger partial charge in [-0.2, -0.15) is 5.10 Å². The average Bonchev–Trinajstić information content (AvgIpc) is 2.71. The van der Waals surface area contributed by atoms with Crippen molar-refractivity contribution < 1.29 is 19.1 Å². The monoisotopic (exact) mass is 417 g/mol. The lowest BCUT2D eigenvalue weighted by Crippen LogP contribution is -2.48. The number of hydrazone groups is 1. The Labute approximate surface area is 175 Å². The molecule has 2 aromatic rings. The number of hydrogen-bond donors (Lipinski definition) is 2. The van der Waals surface area contributed by atoms with Crippen molar-refractivity contribution >= 4 is 29.6 Å². The van der Waals surface area contributed by atoms with Crippen LogP contribution < -0.4 is 20.2 Å². The third-order valence-corrected chi connectivity index (χ3v) is 4.37. The fourth-order valence-corrected chi connectivity index (χ4v) is 2.83. The van der Waals surface area contributed by atoms with E-state index in [1.54, 1.807) is 42.5 Å². The predicted molar refractivity (Wildman–Crippen MR) is 113 cm³/mol. The van der Waals surface area contributed by atoms with E-state index in [-0.39, 0.29) is 11.8 Å². The molecular formula is C21H24ClN3O4. The van der Waals surface area contributed by atoms with Crippen molar-refractivity contribution in [2.45, 2.75) is 19.9 Å². The zero-order chi connectivity index (χ0) is 21.4. The summed E-state index contributed by atoms with van der Waals surface area (Å²) in [6.07, 6.45) is 1.45. The molecule has 2 amide bonds. The summed E-state index contributed by atoms with van der Waals surface area (Å²) in [6, 6.07) is 11.1. The summed E-state index contributed by atoms with van der Waals surface area (Å²) < 4.78 is 10.6. The van der Waals surface area contributed by atoms with Gasteiger partial charge in [0.25, 0.3) is 11.8 Å². The van der Waals surface area contributed by atoms with E-state index < -0.39 is 11.9 Å². The normalized spacial score (nSPS) is 11.9. The molecule has 0 spiro atoms. The number of nitrogens with one attached hydrogen (secondary N) is 2. The van der Waals surface area contributed by atoms with Crippen LogP contribution in [0.1, 0.15) is 29.8 Å². The molecule has 154 valence electrons. The van der Waals surface area contributed by atoms with Gasteiger partial charge in [-0.25, -0.2) is 5.43 Å². The highest BCUT2D eigenvalue weighted by molar-refractivity contribution is 6.31. The van der Waals surface area contributed by atoms with Crippen LogP contribution in [0, 0.1) is 5.92 Å². The summed E-state index contributed by atoms with van der Waals surface area (Å²) in [4.78, 5) is 25.0. The lowest BCUT2D eigenvalue weighted by molar-refractivity contribution is -0.123. The Kier molecular flexibility index (Phi) is 8.03. The van der Waals surface area contributed by atoms with Gasteiger partial charge in [-0.1, -0.05) is 37.6 Å². The summed E-state index contributed by atoms with van der Waals surface area (Å²) in [6.45, 7) is 3.66. The molecular weight excluding hydrogens is 394 g/mol. The van der Waals surface area contributed by atoms with Crippen LogP contribution in [0.25, 0.3) is 0 Å². The molecule has 1 atom stereocenters. The van der Waals surface area contributed by atoms with Crippen LogP contribution in [0.2, 0.25) is 5.02 Å². The van der Waals surface area contributed by atoms with Crippen molar-refractivity contribution in [2.75, 3.05) is 14.2 Å². The number of carbonyl (C=O) groups is 2. The molecule has 0 saturated heterocycles. The molecule has 0 aliphatic rings. The summed E-state index contributed by atoms with van der Waals surface area (Å²) in [7, 11) is 3.06. The smallest absolute Gasteiger partial charge is 0.262 e. The standard InChI is InChI=1S/C21H24ClN3O4/c1-13(2)18(24-20(26)14-7-5-9-16(22)11-14)21(27)25-23-12-15-8-6-10-17(28-3)19(15)29-4/h5-13,18H,1-4H3,(H,24,26)(H,25,27). The molecule has 7 nitrogen and oxygen atoms in total. The maximum atomic E-state index is 12.6. The van der Waals surface area contributed by atoms with Crippen molar-refractivity contribution in [3.63, 3.8) is 0 Å². The molecule has 0 aliphatic carbocycles. The van der Waals surface area contributed by atoms with Crippen LogP contribution in [-0.4, -0.2) is 38.3 Å². The largest absolute Gasteiger partial charge is 0.493 e. The number of carbonyl (C=O) groups excluding carboxylic acids is 2. The van der Waals surface area contributed by atoms with Gasteiger partial charge in [0.05, 0.1) is 20.4 Å². The molecule has 2 aromatic carbocycles. The highest BCUT2D eigenvalue weighted by Gasteiger charge is 2.24. The second-order valence-electron chi connectivity index (χ2n) is 6.52. The predicted octanol–water partition coefficient (Wildman–Crippen LogP) is 3.26. The quantitative estimate of drug-likeness (QED) is 0.509. The molecule has 0 radical (unpaired) electrons.